The van der Waals surface area contributed by atoms with Crippen LogP contribution in [0.1, 0.15) is 5.56 Å². The first-order chi connectivity index (χ1) is 7.65. The highest BCUT2D eigenvalue weighted by Crippen LogP contribution is 2.18. The molecule has 2 aromatic rings. The smallest absolute Gasteiger partial charge is 0.275 e. The molecule has 0 aliphatic rings. The summed E-state index contributed by atoms with van der Waals surface area (Å²) < 4.78 is 3.29. The lowest BCUT2D eigenvalue weighted by molar-refractivity contribution is 0.646. The molecule has 0 aliphatic carbocycles. The fraction of sp³-hybridized carbons (Fsp3) is 0.182. The fourth-order valence-electron chi connectivity index (χ4n) is 1.61. The van der Waals surface area contributed by atoms with Gasteiger partial charge in [-0.1, -0.05) is 39.7 Å². The molecular weight excluding hydrogens is 291 g/mol. The number of benzene rings is 1. The Morgan fingerprint density at radius 1 is 1.38 bits per heavy atom. The number of alkyl halides is 1. The number of rotatable bonds is 2. The average molecular weight is 302 g/mol. The maximum absolute atomic E-state index is 12.0. The standard InChI is InChI=1S/C11H10BrClN2O/c1-14-7-8(6-12)11(16)15(14)10-5-3-2-4-9(10)13/h2-5,7H,6H2,1H3. The van der Waals surface area contributed by atoms with E-state index in [1.807, 2.05) is 25.2 Å². The van der Waals surface area contributed by atoms with Crippen molar-refractivity contribution < 1.29 is 0 Å². The highest BCUT2D eigenvalue weighted by Gasteiger charge is 2.11. The second-order valence-corrected chi connectivity index (χ2v) is 4.40. The Hall–Kier alpha value is -1.00. The van der Waals surface area contributed by atoms with Crippen LogP contribution in [0.25, 0.3) is 5.69 Å². The van der Waals surface area contributed by atoms with Crippen LogP contribution in [0.4, 0.5) is 0 Å². The summed E-state index contributed by atoms with van der Waals surface area (Å²) in [6.45, 7) is 0. The van der Waals surface area contributed by atoms with E-state index in [0.717, 1.165) is 0 Å². The van der Waals surface area contributed by atoms with E-state index in [1.54, 1.807) is 21.6 Å². The van der Waals surface area contributed by atoms with Crippen LogP contribution in [-0.4, -0.2) is 9.36 Å². The molecule has 0 unspecified atom stereocenters. The van der Waals surface area contributed by atoms with Gasteiger partial charge in [-0.15, -0.1) is 0 Å². The minimum Gasteiger partial charge on any atom is -0.288 e. The lowest BCUT2D eigenvalue weighted by atomic mass is 10.3. The first-order valence-electron chi connectivity index (χ1n) is 4.73. The van der Waals surface area contributed by atoms with Gasteiger partial charge in [0, 0.05) is 24.1 Å². The lowest BCUT2D eigenvalue weighted by Gasteiger charge is -2.07. The van der Waals surface area contributed by atoms with E-state index in [4.69, 9.17) is 11.6 Å². The van der Waals surface area contributed by atoms with Crippen LogP contribution >= 0.6 is 27.5 Å². The summed E-state index contributed by atoms with van der Waals surface area (Å²) >= 11 is 9.36. The van der Waals surface area contributed by atoms with Gasteiger partial charge in [0.2, 0.25) is 0 Å². The number of aryl methyl sites for hydroxylation is 1. The van der Waals surface area contributed by atoms with Crippen LogP contribution in [0.15, 0.2) is 35.3 Å². The molecule has 1 aromatic carbocycles. The molecule has 2 rings (SSSR count). The van der Waals surface area contributed by atoms with Crippen molar-refractivity contribution in [2.45, 2.75) is 5.33 Å². The molecule has 0 amide bonds. The molecule has 0 spiro atoms. The van der Waals surface area contributed by atoms with Crippen LogP contribution < -0.4 is 5.56 Å². The van der Waals surface area contributed by atoms with E-state index in [2.05, 4.69) is 15.9 Å². The second-order valence-electron chi connectivity index (χ2n) is 3.43. The molecule has 0 bridgehead atoms. The highest BCUT2D eigenvalue weighted by atomic mass is 79.9. The van der Waals surface area contributed by atoms with Gasteiger partial charge >= 0.3 is 0 Å². The van der Waals surface area contributed by atoms with E-state index in [0.29, 0.717) is 21.6 Å². The molecule has 0 radical (unpaired) electrons. The summed E-state index contributed by atoms with van der Waals surface area (Å²) in [7, 11) is 1.82. The minimum absolute atomic E-state index is 0.0486. The Kier molecular flexibility index (Phi) is 3.21. The van der Waals surface area contributed by atoms with Gasteiger partial charge in [-0.3, -0.25) is 9.48 Å². The monoisotopic (exact) mass is 300 g/mol. The van der Waals surface area contributed by atoms with Crippen molar-refractivity contribution in [3.8, 4) is 5.69 Å². The molecule has 0 N–H and O–H groups in total. The Morgan fingerprint density at radius 3 is 2.62 bits per heavy atom. The highest BCUT2D eigenvalue weighted by molar-refractivity contribution is 9.08. The quantitative estimate of drug-likeness (QED) is 0.784. The Balaban J connectivity index is 2.70. The van der Waals surface area contributed by atoms with Gasteiger partial charge < -0.3 is 0 Å². The predicted octanol–water partition coefficient (Wildman–Crippen LogP) is 2.72. The SMILES string of the molecule is Cn1cc(CBr)c(=O)n1-c1ccccc1Cl. The molecule has 0 fully saturated rings. The zero-order chi connectivity index (χ0) is 11.7. The maximum Gasteiger partial charge on any atom is 0.275 e. The largest absolute Gasteiger partial charge is 0.288 e. The Morgan fingerprint density at radius 2 is 2.06 bits per heavy atom. The van der Waals surface area contributed by atoms with E-state index in [-0.39, 0.29) is 5.56 Å². The molecule has 16 heavy (non-hydrogen) atoms. The van der Waals surface area contributed by atoms with Gasteiger partial charge in [-0.2, -0.15) is 0 Å². The van der Waals surface area contributed by atoms with Gasteiger partial charge in [-0.05, 0) is 12.1 Å². The first kappa shape index (κ1) is 11.5. The molecule has 0 atom stereocenters. The minimum atomic E-state index is -0.0486. The van der Waals surface area contributed by atoms with Crippen molar-refractivity contribution in [3.63, 3.8) is 0 Å². The van der Waals surface area contributed by atoms with Gasteiger partial charge in [0.05, 0.1) is 10.7 Å². The van der Waals surface area contributed by atoms with E-state index < -0.39 is 0 Å². The number of aromatic nitrogens is 2. The summed E-state index contributed by atoms with van der Waals surface area (Å²) in [6, 6.07) is 7.28. The molecule has 3 nitrogen and oxygen atoms in total. The van der Waals surface area contributed by atoms with Gasteiger partial charge in [0.25, 0.3) is 5.56 Å². The zero-order valence-corrected chi connectivity index (χ0v) is 11.0. The topological polar surface area (TPSA) is 26.9 Å². The lowest BCUT2D eigenvalue weighted by Crippen LogP contribution is -2.20. The summed E-state index contributed by atoms with van der Waals surface area (Å²) in [5.41, 5.74) is 1.36. The van der Waals surface area contributed by atoms with E-state index in [1.165, 1.54) is 0 Å². The third-order valence-electron chi connectivity index (χ3n) is 2.35. The molecule has 1 aromatic heterocycles. The third-order valence-corrected chi connectivity index (χ3v) is 3.27. The molecular formula is C11H10BrClN2O. The van der Waals surface area contributed by atoms with Crippen molar-refractivity contribution in [1.29, 1.82) is 0 Å². The second kappa shape index (κ2) is 4.47. The molecule has 1 heterocycles. The Labute approximate surface area is 106 Å². The molecule has 84 valence electrons. The van der Waals surface area contributed by atoms with Crippen LogP contribution in [0.3, 0.4) is 0 Å². The summed E-state index contributed by atoms with van der Waals surface area (Å²) in [5, 5.41) is 1.10. The van der Waals surface area contributed by atoms with Crippen LogP contribution in [0, 0.1) is 0 Å². The summed E-state index contributed by atoms with van der Waals surface area (Å²) in [5.74, 6) is 0. The number of hydrogen-bond donors (Lipinski definition) is 0. The van der Waals surface area contributed by atoms with Crippen molar-refractivity contribution in [2.75, 3.05) is 0 Å². The number of nitrogens with zero attached hydrogens (tertiary/aromatic N) is 2. The van der Waals surface area contributed by atoms with Gasteiger partial charge in [0.1, 0.15) is 0 Å². The van der Waals surface area contributed by atoms with Crippen molar-refractivity contribution >= 4 is 27.5 Å². The van der Waals surface area contributed by atoms with Gasteiger partial charge in [-0.25, -0.2) is 4.68 Å². The molecule has 5 heteroatoms. The first-order valence-corrected chi connectivity index (χ1v) is 6.23. The predicted molar refractivity (Wildman–Crippen MR) is 68.7 cm³/mol. The van der Waals surface area contributed by atoms with Crippen LogP contribution in [0.2, 0.25) is 5.02 Å². The van der Waals surface area contributed by atoms with Crippen LogP contribution in [0.5, 0.6) is 0 Å². The Bertz CT molecular complexity index is 574. The summed E-state index contributed by atoms with van der Waals surface area (Å²) in [4.78, 5) is 12.0. The van der Waals surface area contributed by atoms with Crippen molar-refractivity contribution in [1.82, 2.24) is 9.36 Å². The fourth-order valence-corrected chi connectivity index (χ4v) is 2.21. The molecule has 0 saturated carbocycles. The third kappa shape index (κ3) is 1.83. The maximum atomic E-state index is 12.0. The molecule has 0 saturated heterocycles. The van der Waals surface area contributed by atoms with Crippen LogP contribution in [-0.2, 0) is 12.4 Å². The van der Waals surface area contributed by atoms with Crippen molar-refractivity contribution in [3.05, 3.63) is 51.4 Å². The normalized spacial score (nSPS) is 10.7. The summed E-state index contributed by atoms with van der Waals surface area (Å²) in [6.07, 6.45) is 1.79. The van der Waals surface area contributed by atoms with Gasteiger partial charge in [0.15, 0.2) is 0 Å². The molecule has 0 aliphatic heterocycles. The average Bonchev–Trinajstić information content (AvgIpc) is 2.55. The number of hydrogen-bond acceptors (Lipinski definition) is 1. The van der Waals surface area contributed by atoms with Crippen molar-refractivity contribution in [2.24, 2.45) is 7.05 Å². The zero-order valence-electron chi connectivity index (χ0n) is 8.65. The van der Waals surface area contributed by atoms with E-state index in [9.17, 15) is 4.79 Å². The number of halogens is 2. The number of para-hydroxylation sites is 1. The van der Waals surface area contributed by atoms with E-state index >= 15 is 0 Å².